The van der Waals surface area contributed by atoms with Crippen LogP contribution < -0.4 is 10.2 Å². The quantitative estimate of drug-likeness (QED) is 0.639. The summed E-state index contributed by atoms with van der Waals surface area (Å²) < 4.78 is 4.99. The van der Waals surface area contributed by atoms with Crippen LogP contribution >= 0.6 is 23.2 Å². The van der Waals surface area contributed by atoms with Gasteiger partial charge in [0.25, 0.3) is 0 Å². The molecule has 0 bridgehead atoms. The van der Waals surface area contributed by atoms with Crippen molar-refractivity contribution >= 4 is 35.3 Å². The summed E-state index contributed by atoms with van der Waals surface area (Å²) in [5.41, 5.74) is 3.83. The largest absolute Gasteiger partial charge is 0.503 e. The number of phenols is 1. The van der Waals surface area contributed by atoms with Gasteiger partial charge in [0.1, 0.15) is 0 Å². The van der Waals surface area contributed by atoms with Gasteiger partial charge in [-0.1, -0.05) is 35.3 Å². The Morgan fingerprint density at radius 2 is 2.00 bits per heavy atom. The molecule has 0 spiro atoms. The molecule has 0 aliphatic carbocycles. The predicted octanol–water partition coefficient (Wildman–Crippen LogP) is 3.40. The van der Waals surface area contributed by atoms with Crippen molar-refractivity contribution in [2.75, 3.05) is 7.11 Å². The van der Waals surface area contributed by atoms with Gasteiger partial charge >= 0.3 is 0 Å². The minimum atomic E-state index is -0.264. The molecule has 0 fully saturated rings. The lowest BCUT2D eigenvalue weighted by atomic mass is 10.1. The van der Waals surface area contributed by atoms with Gasteiger partial charge in [0.15, 0.2) is 11.5 Å². The minimum absolute atomic E-state index is 0.137. The van der Waals surface area contributed by atoms with Crippen molar-refractivity contribution in [2.24, 2.45) is 5.10 Å². The van der Waals surface area contributed by atoms with E-state index in [2.05, 4.69) is 10.5 Å². The Morgan fingerprint density at radius 3 is 2.65 bits per heavy atom. The maximum Gasteiger partial charge on any atom is 0.244 e. The van der Waals surface area contributed by atoms with Gasteiger partial charge in [-0.2, -0.15) is 5.10 Å². The van der Waals surface area contributed by atoms with Gasteiger partial charge in [-0.05, 0) is 35.4 Å². The van der Waals surface area contributed by atoms with Crippen molar-refractivity contribution in [1.82, 2.24) is 5.43 Å². The lowest BCUT2D eigenvalue weighted by molar-refractivity contribution is -0.120. The monoisotopic (exact) mass is 352 g/mol. The highest BCUT2D eigenvalue weighted by Gasteiger charge is 2.08. The molecule has 0 aliphatic heterocycles. The molecule has 0 atom stereocenters. The molecule has 0 aliphatic rings. The van der Waals surface area contributed by atoms with Crippen LogP contribution in [0.3, 0.4) is 0 Å². The molecule has 0 aromatic heterocycles. The molecular weight excluding hydrogens is 339 g/mol. The SMILES string of the molecule is COc1cc(/C=N/NC(=O)Cc2ccc(Cl)cc2)cc(Cl)c1O. The average molecular weight is 353 g/mol. The third kappa shape index (κ3) is 4.87. The number of hydrazone groups is 1. The first kappa shape index (κ1) is 17.1. The number of benzene rings is 2. The summed E-state index contributed by atoms with van der Waals surface area (Å²) in [6.45, 7) is 0. The van der Waals surface area contributed by atoms with E-state index in [9.17, 15) is 9.90 Å². The van der Waals surface area contributed by atoms with Crippen molar-refractivity contribution in [3.05, 3.63) is 57.6 Å². The summed E-state index contributed by atoms with van der Waals surface area (Å²) in [5, 5.41) is 14.2. The number of hydrogen-bond donors (Lipinski definition) is 2. The number of methoxy groups -OCH3 is 1. The van der Waals surface area contributed by atoms with E-state index in [1.54, 1.807) is 30.3 Å². The van der Waals surface area contributed by atoms with Gasteiger partial charge < -0.3 is 9.84 Å². The minimum Gasteiger partial charge on any atom is -0.503 e. The Kier molecular flexibility index (Phi) is 5.84. The standard InChI is InChI=1S/C16H14Cl2N2O3/c1-23-14-7-11(6-13(18)16(14)22)9-19-20-15(21)8-10-2-4-12(17)5-3-10/h2-7,9,22H,8H2,1H3,(H,20,21)/b19-9+. The fourth-order valence-electron chi connectivity index (χ4n) is 1.83. The van der Waals surface area contributed by atoms with E-state index in [1.165, 1.54) is 19.4 Å². The van der Waals surface area contributed by atoms with Gasteiger partial charge in [0.05, 0.1) is 24.8 Å². The molecule has 0 radical (unpaired) electrons. The molecule has 23 heavy (non-hydrogen) atoms. The molecule has 2 N–H and O–H groups in total. The van der Waals surface area contributed by atoms with Gasteiger partial charge in [-0.25, -0.2) is 5.43 Å². The number of aromatic hydroxyl groups is 1. The van der Waals surface area contributed by atoms with E-state index in [1.807, 2.05) is 0 Å². The zero-order chi connectivity index (χ0) is 16.8. The maximum atomic E-state index is 11.8. The number of ether oxygens (including phenoxy) is 1. The number of nitrogens with one attached hydrogen (secondary N) is 1. The highest BCUT2D eigenvalue weighted by molar-refractivity contribution is 6.32. The van der Waals surface area contributed by atoms with Gasteiger partial charge in [-0.3, -0.25) is 4.79 Å². The highest BCUT2D eigenvalue weighted by atomic mass is 35.5. The number of hydrogen-bond acceptors (Lipinski definition) is 4. The third-order valence-electron chi connectivity index (χ3n) is 2.95. The zero-order valence-electron chi connectivity index (χ0n) is 12.2. The van der Waals surface area contributed by atoms with Crippen LogP contribution in [0.2, 0.25) is 10.0 Å². The van der Waals surface area contributed by atoms with E-state index < -0.39 is 0 Å². The topological polar surface area (TPSA) is 70.9 Å². The Labute approximate surface area is 143 Å². The zero-order valence-corrected chi connectivity index (χ0v) is 13.7. The second-order valence-electron chi connectivity index (χ2n) is 4.65. The Morgan fingerprint density at radius 1 is 1.30 bits per heavy atom. The molecule has 120 valence electrons. The number of nitrogens with zero attached hydrogens (tertiary/aromatic N) is 1. The molecule has 1 amide bonds. The van der Waals surface area contributed by atoms with E-state index >= 15 is 0 Å². The fraction of sp³-hybridized carbons (Fsp3) is 0.125. The number of carbonyl (C=O) groups excluding carboxylic acids is 1. The Hall–Kier alpha value is -2.24. The molecule has 2 aromatic rings. The second kappa shape index (κ2) is 7.85. The van der Waals surface area contributed by atoms with Crippen LogP contribution in [0.1, 0.15) is 11.1 Å². The number of rotatable bonds is 5. The molecule has 0 unspecified atom stereocenters. The first-order chi connectivity index (χ1) is 11.0. The van der Waals surface area contributed by atoms with Crippen molar-refractivity contribution in [3.8, 4) is 11.5 Å². The summed E-state index contributed by atoms with van der Waals surface area (Å²) in [5.74, 6) is -0.176. The molecule has 7 heteroatoms. The Balaban J connectivity index is 1.97. The number of phenolic OH excluding ortho intramolecular Hbond substituents is 1. The smallest absolute Gasteiger partial charge is 0.244 e. The summed E-state index contributed by atoms with van der Waals surface area (Å²) >= 11 is 11.7. The van der Waals surface area contributed by atoms with Gasteiger partial charge in [0.2, 0.25) is 5.91 Å². The number of carbonyl (C=O) groups is 1. The Bertz CT molecular complexity index is 731. The van der Waals surface area contributed by atoms with Gasteiger partial charge in [0, 0.05) is 5.02 Å². The normalized spacial score (nSPS) is 10.7. The van der Waals surface area contributed by atoms with E-state index in [4.69, 9.17) is 27.9 Å². The lowest BCUT2D eigenvalue weighted by Gasteiger charge is -2.06. The van der Waals surface area contributed by atoms with Crippen LogP contribution in [-0.4, -0.2) is 24.3 Å². The van der Waals surface area contributed by atoms with E-state index in [-0.39, 0.29) is 28.8 Å². The fourth-order valence-corrected chi connectivity index (χ4v) is 2.18. The van der Waals surface area contributed by atoms with Crippen LogP contribution in [0.4, 0.5) is 0 Å². The van der Waals surface area contributed by atoms with Crippen LogP contribution in [-0.2, 0) is 11.2 Å². The van der Waals surface area contributed by atoms with Crippen molar-refractivity contribution in [1.29, 1.82) is 0 Å². The second-order valence-corrected chi connectivity index (χ2v) is 5.49. The van der Waals surface area contributed by atoms with Crippen LogP contribution in [0, 0.1) is 0 Å². The molecule has 2 aromatic carbocycles. The first-order valence-electron chi connectivity index (χ1n) is 6.62. The molecular formula is C16H14Cl2N2O3. The van der Waals surface area contributed by atoms with Gasteiger partial charge in [-0.15, -0.1) is 0 Å². The summed E-state index contributed by atoms with van der Waals surface area (Å²) in [6.07, 6.45) is 1.60. The average Bonchev–Trinajstić information content (AvgIpc) is 2.53. The third-order valence-corrected chi connectivity index (χ3v) is 3.49. The van der Waals surface area contributed by atoms with Crippen molar-refractivity contribution in [2.45, 2.75) is 6.42 Å². The molecule has 5 nitrogen and oxygen atoms in total. The molecule has 2 rings (SSSR count). The molecule has 0 heterocycles. The molecule has 0 saturated heterocycles. The van der Waals surface area contributed by atoms with Crippen LogP contribution in [0.25, 0.3) is 0 Å². The number of amides is 1. The summed E-state index contributed by atoms with van der Waals surface area (Å²) in [7, 11) is 1.42. The van der Waals surface area contributed by atoms with Crippen molar-refractivity contribution in [3.63, 3.8) is 0 Å². The predicted molar refractivity (Wildman–Crippen MR) is 90.6 cm³/mol. The van der Waals surface area contributed by atoms with Crippen molar-refractivity contribution < 1.29 is 14.6 Å². The molecule has 0 saturated carbocycles. The van der Waals surface area contributed by atoms with E-state index in [0.717, 1.165) is 5.56 Å². The summed E-state index contributed by atoms with van der Waals surface area (Å²) in [6, 6.07) is 10.0. The lowest BCUT2D eigenvalue weighted by Crippen LogP contribution is -2.19. The van der Waals surface area contributed by atoms with Crippen LogP contribution in [0.15, 0.2) is 41.5 Å². The maximum absolute atomic E-state index is 11.8. The van der Waals surface area contributed by atoms with Crippen LogP contribution in [0.5, 0.6) is 11.5 Å². The number of halogens is 2. The van der Waals surface area contributed by atoms with E-state index in [0.29, 0.717) is 10.6 Å². The summed E-state index contributed by atoms with van der Waals surface area (Å²) in [4.78, 5) is 11.8. The first-order valence-corrected chi connectivity index (χ1v) is 7.38. The highest BCUT2D eigenvalue weighted by Crippen LogP contribution is 2.34.